The van der Waals surface area contributed by atoms with Crippen molar-refractivity contribution in [2.45, 2.75) is 38.2 Å². The average molecular weight is 567 g/mol. The quantitative estimate of drug-likeness (QED) is 0.346. The topological polar surface area (TPSA) is 91.0 Å². The number of aryl methyl sites for hydroxylation is 1. The van der Waals surface area contributed by atoms with E-state index in [0.29, 0.717) is 33.4 Å². The molecule has 1 aromatic heterocycles. The lowest BCUT2D eigenvalue weighted by Crippen LogP contribution is -2.34. The van der Waals surface area contributed by atoms with Gasteiger partial charge in [-0.05, 0) is 61.6 Å². The van der Waals surface area contributed by atoms with E-state index >= 15 is 0 Å². The van der Waals surface area contributed by atoms with E-state index in [1.807, 2.05) is 48.5 Å². The van der Waals surface area contributed by atoms with Crippen molar-refractivity contribution >= 4 is 57.9 Å². The Labute approximate surface area is 236 Å². The van der Waals surface area contributed by atoms with Gasteiger partial charge in [-0.1, -0.05) is 41.9 Å². The molecule has 1 atom stereocenters. The Morgan fingerprint density at radius 2 is 1.82 bits per heavy atom. The van der Waals surface area contributed by atoms with E-state index < -0.39 is 12.2 Å². The van der Waals surface area contributed by atoms with E-state index in [4.69, 9.17) is 16.3 Å². The van der Waals surface area contributed by atoms with Gasteiger partial charge in [-0.2, -0.15) is 0 Å². The van der Waals surface area contributed by atoms with Crippen LogP contribution in [0.2, 0.25) is 4.34 Å². The van der Waals surface area contributed by atoms with Crippen molar-refractivity contribution in [3.05, 3.63) is 75.4 Å². The molecule has 39 heavy (non-hydrogen) atoms. The number of rotatable bonds is 9. The van der Waals surface area contributed by atoms with E-state index in [1.54, 1.807) is 17.0 Å². The molecule has 2 aromatic carbocycles. The monoisotopic (exact) mass is 566 g/mol. The highest BCUT2D eigenvalue weighted by molar-refractivity contribution is 7.18. The van der Waals surface area contributed by atoms with Gasteiger partial charge in [0, 0.05) is 25.2 Å². The van der Waals surface area contributed by atoms with E-state index in [0.717, 1.165) is 37.2 Å². The van der Waals surface area contributed by atoms with Gasteiger partial charge in [0.25, 0.3) is 5.91 Å². The van der Waals surface area contributed by atoms with Crippen LogP contribution in [-0.4, -0.2) is 50.2 Å². The van der Waals surface area contributed by atoms with Crippen molar-refractivity contribution in [2.75, 3.05) is 41.3 Å². The number of anilines is 3. The van der Waals surface area contributed by atoms with Gasteiger partial charge in [0.05, 0.1) is 33.7 Å². The van der Waals surface area contributed by atoms with Crippen molar-refractivity contribution in [3.63, 3.8) is 0 Å². The largest absolute Gasteiger partial charge is 0.442 e. The zero-order valence-corrected chi connectivity index (χ0v) is 23.1. The minimum absolute atomic E-state index is 0.0764. The first-order valence-corrected chi connectivity index (χ1v) is 14.4. The molecule has 2 aliphatic heterocycles. The number of ether oxygens (including phenoxy) is 1. The molecule has 1 unspecified atom stereocenters. The van der Waals surface area contributed by atoms with Crippen molar-refractivity contribution in [2.24, 2.45) is 0 Å². The van der Waals surface area contributed by atoms with Gasteiger partial charge in [-0.15, -0.1) is 11.3 Å². The number of halogens is 1. The van der Waals surface area contributed by atoms with Crippen molar-refractivity contribution < 1.29 is 19.1 Å². The smallest absolute Gasteiger partial charge is 0.414 e. The molecule has 0 aliphatic carbocycles. The van der Waals surface area contributed by atoms with Crippen LogP contribution in [0.25, 0.3) is 0 Å². The second-order valence-electron chi connectivity index (χ2n) is 9.71. The van der Waals surface area contributed by atoms with Gasteiger partial charge < -0.3 is 20.3 Å². The Morgan fingerprint density at radius 1 is 1.03 bits per heavy atom. The summed E-state index contributed by atoms with van der Waals surface area (Å²) in [7, 11) is 0. The first kappa shape index (κ1) is 27.0. The van der Waals surface area contributed by atoms with Crippen molar-refractivity contribution in [3.8, 4) is 0 Å². The molecule has 0 saturated carbocycles. The second kappa shape index (κ2) is 12.5. The maximum atomic E-state index is 13.0. The molecule has 0 spiro atoms. The molecule has 3 aromatic rings. The molecular formula is C29H31ClN4O4S. The third-order valence-electron chi connectivity index (χ3n) is 6.91. The SMILES string of the molecule is O=C(CCc1ccccc1)Nc1cc(N2CC(CNC(=O)c3ccc(Cl)s3)OC2=O)ccc1N1CCCCC1. The lowest BCUT2D eigenvalue weighted by Gasteiger charge is -2.31. The molecule has 5 rings (SSSR count). The highest BCUT2D eigenvalue weighted by Crippen LogP contribution is 2.34. The van der Waals surface area contributed by atoms with E-state index in [9.17, 15) is 14.4 Å². The number of thiophene rings is 1. The summed E-state index contributed by atoms with van der Waals surface area (Å²) in [6, 6.07) is 19.0. The summed E-state index contributed by atoms with van der Waals surface area (Å²) in [4.78, 5) is 42.4. The number of hydrogen-bond acceptors (Lipinski definition) is 6. The van der Waals surface area contributed by atoms with Gasteiger partial charge in [-0.25, -0.2) is 4.79 Å². The molecular weight excluding hydrogens is 536 g/mol. The summed E-state index contributed by atoms with van der Waals surface area (Å²) in [6.07, 6.45) is 3.43. The molecule has 2 fully saturated rings. The Morgan fingerprint density at radius 3 is 2.56 bits per heavy atom. The van der Waals surface area contributed by atoms with Crippen LogP contribution in [0.5, 0.6) is 0 Å². The first-order chi connectivity index (χ1) is 19.0. The fourth-order valence-corrected chi connectivity index (χ4v) is 5.85. The fraction of sp³-hybridized carbons (Fsp3) is 0.345. The van der Waals surface area contributed by atoms with Crippen molar-refractivity contribution in [1.29, 1.82) is 0 Å². The first-order valence-electron chi connectivity index (χ1n) is 13.2. The molecule has 204 valence electrons. The Hall–Kier alpha value is -3.56. The molecule has 3 amide bonds. The minimum Gasteiger partial charge on any atom is -0.442 e. The maximum Gasteiger partial charge on any atom is 0.414 e. The van der Waals surface area contributed by atoms with Crippen LogP contribution < -0.4 is 20.4 Å². The van der Waals surface area contributed by atoms with Crippen LogP contribution in [0.1, 0.15) is 40.9 Å². The normalized spacial score (nSPS) is 17.2. The summed E-state index contributed by atoms with van der Waals surface area (Å²) >= 11 is 7.12. The Bertz CT molecular complexity index is 1330. The van der Waals surface area contributed by atoms with E-state index in [-0.39, 0.29) is 24.9 Å². The van der Waals surface area contributed by atoms with Crippen molar-refractivity contribution in [1.82, 2.24) is 5.32 Å². The molecule has 2 aliphatic rings. The number of cyclic esters (lactones) is 1. The maximum absolute atomic E-state index is 13.0. The number of benzene rings is 2. The lowest BCUT2D eigenvalue weighted by atomic mass is 10.1. The second-order valence-corrected chi connectivity index (χ2v) is 11.4. The Kier molecular flexibility index (Phi) is 8.68. The summed E-state index contributed by atoms with van der Waals surface area (Å²) in [5.74, 6) is -0.333. The van der Waals surface area contributed by atoms with Crippen LogP contribution in [-0.2, 0) is 16.0 Å². The number of carbonyl (C=O) groups is 3. The molecule has 2 N–H and O–H groups in total. The van der Waals surface area contributed by atoms with Gasteiger partial charge in [0.1, 0.15) is 6.10 Å². The number of carbonyl (C=O) groups excluding carboxylic acids is 3. The third kappa shape index (κ3) is 6.91. The average Bonchev–Trinajstić information content (AvgIpc) is 3.56. The Balaban J connectivity index is 1.27. The van der Waals surface area contributed by atoms with E-state index in [2.05, 4.69) is 15.5 Å². The number of nitrogens with one attached hydrogen (secondary N) is 2. The predicted molar refractivity (Wildman–Crippen MR) is 155 cm³/mol. The van der Waals surface area contributed by atoms with Crippen LogP contribution in [0.3, 0.4) is 0 Å². The molecule has 2 saturated heterocycles. The molecule has 8 nitrogen and oxygen atoms in total. The van der Waals surface area contributed by atoms with Crippen LogP contribution >= 0.6 is 22.9 Å². The minimum atomic E-state index is -0.498. The lowest BCUT2D eigenvalue weighted by molar-refractivity contribution is -0.116. The zero-order valence-electron chi connectivity index (χ0n) is 21.5. The summed E-state index contributed by atoms with van der Waals surface area (Å²) in [6.45, 7) is 2.32. The number of hydrogen-bond donors (Lipinski definition) is 2. The van der Waals surface area contributed by atoms with Crippen LogP contribution in [0, 0.1) is 0 Å². The highest BCUT2D eigenvalue weighted by atomic mass is 35.5. The van der Waals surface area contributed by atoms with Gasteiger partial charge >= 0.3 is 6.09 Å². The van der Waals surface area contributed by atoms with Gasteiger partial charge in [-0.3, -0.25) is 14.5 Å². The number of nitrogens with zero attached hydrogens (tertiary/aromatic N) is 2. The molecule has 3 heterocycles. The third-order valence-corrected chi connectivity index (χ3v) is 8.14. The van der Waals surface area contributed by atoms with Gasteiger partial charge in [0.15, 0.2) is 0 Å². The summed E-state index contributed by atoms with van der Waals surface area (Å²) < 4.78 is 6.06. The predicted octanol–water partition coefficient (Wildman–Crippen LogP) is 5.72. The molecule has 0 radical (unpaired) electrons. The zero-order chi connectivity index (χ0) is 27.2. The highest BCUT2D eigenvalue weighted by Gasteiger charge is 2.33. The van der Waals surface area contributed by atoms with Crippen LogP contribution in [0.4, 0.5) is 21.9 Å². The summed E-state index contributed by atoms with van der Waals surface area (Å²) in [5, 5.41) is 5.91. The molecule has 0 bridgehead atoms. The van der Waals surface area contributed by atoms with E-state index in [1.165, 1.54) is 17.8 Å². The van der Waals surface area contributed by atoms with Crippen LogP contribution in [0.15, 0.2) is 60.7 Å². The standard InChI is InChI=1S/C29H31ClN4O4S/c30-26-13-12-25(39-26)28(36)31-18-22-19-34(29(37)38-22)21-10-11-24(33-15-5-2-6-16-33)23(17-21)32-27(35)14-9-20-7-3-1-4-8-20/h1,3-4,7-8,10-13,17,22H,2,5-6,9,14-16,18-19H2,(H,31,36)(H,32,35). The van der Waals surface area contributed by atoms with Gasteiger partial charge in [0.2, 0.25) is 5.91 Å². The number of amides is 3. The summed E-state index contributed by atoms with van der Waals surface area (Å²) in [5.41, 5.74) is 3.39. The molecule has 10 heteroatoms. The fourth-order valence-electron chi connectivity index (χ4n) is 4.89. The number of piperidine rings is 1.